The van der Waals surface area contributed by atoms with E-state index in [1.165, 1.54) is 11.3 Å². The maximum Gasteiger partial charge on any atom is 0.317 e. The van der Waals surface area contributed by atoms with Crippen molar-refractivity contribution in [1.82, 2.24) is 20.9 Å². The van der Waals surface area contributed by atoms with Crippen LogP contribution >= 0.6 is 11.3 Å². The van der Waals surface area contributed by atoms with E-state index in [0.29, 0.717) is 43.3 Å². The number of nitrogens with zero attached hydrogens (tertiary/aromatic N) is 1. The van der Waals surface area contributed by atoms with Crippen molar-refractivity contribution in [3.05, 3.63) is 22.4 Å². The van der Waals surface area contributed by atoms with Gasteiger partial charge in [-0.15, -0.1) is 11.3 Å². The molecule has 0 spiro atoms. The second-order valence-corrected chi connectivity index (χ2v) is 8.94. The minimum Gasteiger partial charge on any atom is -0.354 e. The fourth-order valence-electron chi connectivity index (χ4n) is 3.21. The van der Waals surface area contributed by atoms with Crippen LogP contribution in [0.2, 0.25) is 0 Å². The lowest BCUT2D eigenvalue weighted by molar-refractivity contribution is -0.124. The van der Waals surface area contributed by atoms with Gasteiger partial charge in [-0.3, -0.25) is 9.59 Å². The van der Waals surface area contributed by atoms with E-state index in [0.717, 1.165) is 0 Å². The first-order valence-corrected chi connectivity index (χ1v) is 10.8. The summed E-state index contributed by atoms with van der Waals surface area (Å²) in [4.78, 5) is 39.9. The van der Waals surface area contributed by atoms with E-state index < -0.39 is 6.04 Å². The van der Waals surface area contributed by atoms with Gasteiger partial charge in [-0.25, -0.2) is 4.79 Å². The summed E-state index contributed by atoms with van der Waals surface area (Å²) in [6.07, 6.45) is 1.35. The summed E-state index contributed by atoms with van der Waals surface area (Å²) in [5, 5.41) is 10.6. The maximum absolute atomic E-state index is 12.8. The van der Waals surface area contributed by atoms with Crippen LogP contribution in [-0.2, 0) is 4.79 Å². The fraction of sp³-hybridized carbons (Fsp3) is 0.650. The zero-order chi connectivity index (χ0) is 20.7. The van der Waals surface area contributed by atoms with Gasteiger partial charge in [0.1, 0.15) is 6.04 Å². The van der Waals surface area contributed by atoms with Crippen LogP contribution < -0.4 is 16.0 Å². The molecule has 1 aliphatic rings. The fourth-order valence-corrected chi connectivity index (χ4v) is 3.83. The summed E-state index contributed by atoms with van der Waals surface area (Å²) < 4.78 is 0. The normalized spacial score (nSPS) is 16.1. The van der Waals surface area contributed by atoms with Gasteiger partial charge in [0.2, 0.25) is 5.91 Å². The second-order valence-electron chi connectivity index (χ2n) is 8.00. The summed E-state index contributed by atoms with van der Waals surface area (Å²) in [5.41, 5.74) is 0. The second kappa shape index (κ2) is 10.5. The van der Waals surface area contributed by atoms with Crippen LogP contribution in [0.1, 0.15) is 50.2 Å². The zero-order valence-electron chi connectivity index (χ0n) is 17.2. The minimum absolute atomic E-state index is 0.000764. The molecule has 4 amide bonds. The lowest BCUT2D eigenvalue weighted by atomic mass is 9.88. The number of piperidine rings is 1. The molecule has 0 aliphatic carbocycles. The molecular formula is C20H32N4O3S. The van der Waals surface area contributed by atoms with Crippen LogP contribution in [0.25, 0.3) is 0 Å². The first-order chi connectivity index (χ1) is 13.3. The topological polar surface area (TPSA) is 90.5 Å². The molecule has 0 bridgehead atoms. The van der Waals surface area contributed by atoms with Crippen LogP contribution in [0.15, 0.2) is 17.5 Å². The number of nitrogens with one attached hydrogen (secondary N) is 3. The molecule has 28 heavy (non-hydrogen) atoms. The Morgan fingerprint density at radius 1 is 1.14 bits per heavy atom. The molecule has 1 aromatic heterocycles. The third-order valence-electron chi connectivity index (χ3n) is 4.71. The highest BCUT2D eigenvalue weighted by Crippen LogP contribution is 2.22. The van der Waals surface area contributed by atoms with Crippen LogP contribution in [0, 0.1) is 11.8 Å². The Morgan fingerprint density at radius 3 is 2.36 bits per heavy atom. The number of carbonyl (C=O) groups is 3. The van der Waals surface area contributed by atoms with Crippen molar-refractivity contribution < 1.29 is 14.4 Å². The lowest BCUT2D eigenvalue weighted by Gasteiger charge is -2.36. The van der Waals surface area contributed by atoms with Crippen LogP contribution in [0.4, 0.5) is 4.79 Å². The Labute approximate surface area is 171 Å². The van der Waals surface area contributed by atoms with E-state index in [1.807, 2.05) is 39.1 Å². The molecule has 1 atom stereocenters. The quantitative estimate of drug-likeness (QED) is 0.647. The zero-order valence-corrected chi connectivity index (χ0v) is 18.0. The van der Waals surface area contributed by atoms with Gasteiger partial charge in [0, 0.05) is 25.7 Å². The highest BCUT2D eigenvalue weighted by molar-refractivity contribution is 7.12. The van der Waals surface area contributed by atoms with Crippen molar-refractivity contribution in [1.29, 1.82) is 0 Å². The number of amides is 4. The number of hydrogen-bond acceptors (Lipinski definition) is 4. The smallest absolute Gasteiger partial charge is 0.317 e. The van der Waals surface area contributed by atoms with Crippen molar-refractivity contribution in [3.63, 3.8) is 0 Å². The van der Waals surface area contributed by atoms with Gasteiger partial charge in [-0.05, 0) is 50.0 Å². The predicted octanol–water partition coefficient (Wildman–Crippen LogP) is 2.45. The molecule has 7 nitrogen and oxygen atoms in total. The van der Waals surface area contributed by atoms with E-state index in [2.05, 4.69) is 16.0 Å². The van der Waals surface area contributed by atoms with E-state index in [4.69, 9.17) is 0 Å². The van der Waals surface area contributed by atoms with Crippen molar-refractivity contribution in [2.24, 2.45) is 11.8 Å². The number of thiophene rings is 1. The number of carbonyl (C=O) groups excluding carboxylic acids is 3. The molecule has 1 unspecified atom stereocenters. The first-order valence-electron chi connectivity index (χ1n) is 9.95. The predicted molar refractivity (Wildman–Crippen MR) is 111 cm³/mol. The van der Waals surface area contributed by atoms with Crippen molar-refractivity contribution in [3.8, 4) is 0 Å². The molecule has 2 rings (SSSR count). The molecule has 8 heteroatoms. The van der Waals surface area contributed by atoms with Crippen LogP contribution in [0.3, 0.4) is 0 Å². The SMILES string of the molecule is CC(C)CNC(=O)C(NC(=O)c1cccs1)C1CCN(C(=O)NC(C)C)CC1. The average molecular weight is 409 g/mol. The van der Waals surface area contributed by atoms with Crippen molar-refractivity contribution >= 4 is 29.2 Å². The molecule has 2 heterocycles. The molecule has 156 valence electrons. The number of rotatable bonds is 7. The Bertz CT molecular complexity index is 652. The average Bonchev–Trinajstić information content (AvgIpc) is 3.18. The van der Waals surface area contributed by atoms with Gasteiger partial charge >= 0.3 is 6.03 Å². The number of urea groups is 1. The third-order valence-corrected chi connectivity index (χ3v) is 5.58. The summed E-state index contributed by atoms with van der Waals surface area (Å²) in [7, 11) is 0. The lowest BCUT2D eigenvalue weighted by Crippen LogP contribution is -2.55. The van der Waals surface area contributed by atoms with Gasteiger partial charge in [0.05, 0.1) is 4.88 Å². The van der Waals surface area contributed by atoms with E-state index in [-0.39, 0.29) is 29.8 Å². The first kappa shape index (κ1) is 22.2. The Kier molecular flexibility index (Phi) is 8.29. The standard InChI is InChI=1S/C20H32N4O3S/c1-13(2)12-21-19(26)17(23-18(25)16-6-5-11-28-16)15-7-9-24(10-8-15)20(27)22-14(3)4/h5-6,11,13-15,17H,7-10,12H2,1-4H3,(H,21,26)(H,22,27)(H,23,25). The highest BCUT2D eigenvalue weighted by atomic mass is 32.1. The molecule has 1 fully saturated rings. The Hall–Kier alpha value is -2.09. The third kappa shape index (κ3) is 6.51. The van der Waals surface area contributed by atoms with Gasteiger partial charge in [-0.1, -0.05) is 19.9 Å². The van der Waals surface area contributed by atoms with E-state index in [9.17, 15) is 14.4 Å². The van der Waals surface area contributed by atoms with Crippen LogP contribution in [0.5, 0.6) is 0 Å². The summed E-state index contributed by atoms with van der Waals surface area (Å²) in [6.45, 7) is 9.65. The molecule has 1 aliphatic heterocycles. The summed E-state index contributed by atoms with van der Waals surface area (Å²) in [5.74, 6) is -0.0401. The Morgan fingerprint density at radius 2 is 1.82 bits per heavy atom. The maximum atomic E-state index is 12.8. The van der Waals surface area contributed by atoms with E-state index in [1.54, 1.807) is 11.0 Å². The molecule has 0 radical (unpaired) electrons. The number of hydrogen-bond donors (Lipinski definition) is 3. The largest absolute Gasteiger partial charge is 0.354 e. The van der Waals surface area contributed by atoms with Crippen LogP contribution in [-0.4, -0.2) is 54.5 Å². The molecule has 1 saturated heterocycles. The molecule has 0 saturated carbocycles. The Balaban J connectivity index is 2.01. The van der Waals surface area contributed by atoms with E-state index >= 15 is 0 Å². The highest BCUT2D eigenvalue weighted by Gasteiger charge is 2.34. The van der Waals surface area contributed by atoms with Gasteiger partial charge < -0.3 is 20.9 Å². The van der Waals surface area contributed by atoms with Crippen molar-refractivity contribution in [2.45, 2.75) is 52.6 Å². The van der Waals surface area contributed by atoms with Gasteiger partial charge in [-0.2, -0.15) is 0 Å². The van der Waals surface area contributed by atoms with Gasteiger partial charge in [0.15, 0.2) is 0 Å². The van der Waals surface area contributed by atoms with Crippen molar-refractivity contribution in [2.75, 3.05) is 19.6 Å². The summed E-state index contributed by atoms with van der Waals surface area (Å²) in [6, 6.07) is 2.99. The molecular weight excluding hydrogens is 376 g/mol. The molecule has 1 aromatic rings. The van der Waals surface area contributed by atoms with Gasteiger partial charge in [0.25, 0.3) is 5.91 Å². The monoisotopic (exact) mass is 408 g/mol. The molecule has 3 N–H and O–H groups in total. The molecule has 0 aromatic carbocycles. The summed E-state index contributed by atoms with van der Waals surface area (Å²) >= 11 is 1.35. The minimum atomic E-state index is -0.594. The number of likely N-dealkylation sites (tertiary alicyclic amines) is 1.